The van der Waals surface area contributed by atoms with Crippen molar-refractivity contribution in [1.29, 1.82) is 0 Å². The highest BCUT2D eigenvalue weighted by Gasteiger charge is 2.32. The van der Waals surface area contributed by atoms with Crippen molar-refractivity contribution in [2.75, 3.05) is 61.4 Å². The summed E-state index contributed by atoms with van der Waals surface area (Å²) in [6, 6.07) is 26.4. The summed E-state index contributed by atoms with van der Waals surface area (Å²) in [5.74, 6) is -0.793. The highest BCUT2D eigenvalue weighted by Crippen LogP contribution is 2.35. The Morgan fingerprint density at radius 3 is 2.19 bits per heavy atom. The zero-order valence-corrected chi connectivity index (χ0v) is 28.0. The number of carbonyl (C=O) groups is 4. The monoisotopic (exact) mass is 643 g/mol. The predicted molar refractivity (Wildman–Crippen MR) is 190 cm³/mol. The molecule has 0 spiro atoms. The lowest BCUT2D eigenvalue weighted by Gasteiger charge is -2.34. The van der Waals surface area contributed by atoms with Crippen LogP contribution in [0.25, 0.3) is 11.1 Å². The molecule has 1 fully saturated rings. The summed E-state index contributed by atoms with van der Waals surface area (Å²) in [5, 5.41) is 3.03. The Bertz CT molecular complexity index is 1880. The van der Waals surface area contributed by atoms with Crippen LogP contribution in [0, 0.1) is 20.8 Å². The van der Waals surface area contributed by atoms with Crippen molar-refractivity contribution < 1.29 is 19.2 Å². The average molecular weight is 644 g/mol. The second-order valence-corrected chi connectivity index (χ2v) is 12.8. The summed E-state index contributed by atoms with van der Waals surface area (Å²) in [4.78, 5) is 61.5. The van der Waals surface area contributed by atoms with Gasteiger partial charge in [-0.15, -0.1) is 0 Å². The Balaban J connectivity index is 1.22. The molecule has 1 saturated heterocycles. The van der Waals surface area contributed by atoms with E-state index >= 15 is 0 Å². The van der Waals surface area contributed by atoms with Crippen LogP contribution in [0.4, 0.5) is 17.1 Å². The Morgan fingerprint density at radius 2 is 1.46 bits per heavy atom. The number of hydrogen-bond acceptors (Lipinski definition) is 5. The zero-order chi connectivity index (χ0) is 33.9. The second kappa shape index (κ2) is 13.8. The molecule has 0 saturated carbocycles. The van der Waals surface area contributed by atoms with Crippen LogP contribution in [0.15, 0.2) is 84.9 Å². The van der Waals surface area contributed by atoms with Crippen molar-refractivity contribution in [2.24, 2.45) is 0 Å². The number of anilines is 3. The molecular weight excluding hydrogens is 602 g/mol. The van der Waals surface area contributed by atoms with Gasteiger partial charge in [0.15, 0.2) is 0 Å². The molecule has 0 atom stereocenters. The summed E-state index contributed by atoms with van der Waals surface area (Å²) in [5.41, 5.74) is 7.33. The van der Waals surface area contributed by atoms with Crippen LogP contribution in [-0.4, -0.2) is 79.7 Å². The molecule has 0 aromatic heterocycles. The van der Waals surface area contributed by atoms with Gasteiger partial charge in [-0.3, -0.25) is 19.2 Å². The number of nitrogens with zero attached hydrogens (tertiary/aromatic N) is 4. The summed E-state index contributed by atoms with van der Waals surface area (Å²) in [6.07, 6.45) is 0.0863. The molecule has 9 nitrogen and oxygen atoms in total. The van der Waals surface area contributed by atoms with Gasteiger partial charge in [-0.25, -0.2) is 0 Å². The summed E-state index contributed by atoms with van der Waals surface area (Å²) >= 11 is 0. The highest BCUT2D eigenvalue weighted by atomic mass is 16.2. The number of rotatable bonds is 6. The maximum atomic E-state index is 14.1. The van der Waals surface area contributed by atoms with Gasteiger partial charge in [0.1, 0.15) is 6.54 Å². The van der Waals surface area contributed by atoms with Crippen molar-refractivity contribution in [2.45, 2.75) is 27.2 Å². The van der Waals surface area contributed by atoms with Gasteiger partial charge >= 0.3 is 0 Å². The number of aryl methyl sites for hydroxylation is 3. The Kier molecular flexibility index (Phi) is 9.41. The number of hydrogen-bond donors (Lipinski definition) is 1. The van der Waals surface area contributed by atoms with E-state index in [9.17, 15) is 19.2 Å². The van der Waals surface area contributed by atoms with E-state index in [1.54, 1.807) is 34.1 Å². The molecular formula is C39H41N5O4. The van der Waals surface area contributed by atoms with Gasteiger partial charge in [-0.2, -0.15) is 0 Å². The third kappa shape index (κ3) is 6.87. The molecule has 1 N–H and O–H groups in total. The average Bonchev–Trinajstić information content (AvgIpc) is 3.21. The van der Waals surface area contributed by atoms with Crippen LogP contribution < -0.4 is 15.1 Å². The third-order valence-corrected chi connectivity index (χ3v) is 9.21. The van der Waals surface area contributed by atoms with Crippen LogP contribution in [0.5, 0.6) is 0 Å². The van der Waals surface area contributed by atoms with Crippen LogP contribution >= 0.6 is 0 Å². The minimum Gasteiger partial charge on any atom is -0.339 e. The molecule has 4 aromatic rings. The lowest BCUT2D eigenvalue weighted by atomic mass is 9.98. The summed E-state index contributed by atoms with van der Waals surface area (Å²) in [6.45, 7) is 8.75. The largest absolute Gasteiger partial charge is 0.339 e. The molecule has 246 valence electrons. The topological polar surface area (TPSA) is 93.3 Å². The van der Waals surface area contributed by atoms with Crippen LogP contribution in [-0.2, 0) is 9.59 Å². The minimum absolute atomic E-state index is 0.0679. The molecule has 0 unspecified atom stereocenters. The van der Waals surface area contributed by atoms with Gasteiger partial charge in [-0.1, -0.05) is 54.1 Å². The quantitative estimate of drug-likeness (QED) is 0.292. The Labute approximate surface area is 281 Å². The molecule has 0 radical (unpaired) electrons. The zero-order valence-electron chi connectivity index (χ0n) is 28.0. The molecule has 2 aliphatic heterocycles. The molecule has 4 aromatic carbocycles. The summed E-state index contributed by atoms with van der Waals surface area (Å²) < 4.78 is 0. The van der Waals surface area contributed by atoms with Crippen LogP contribution in [0.1, 0.15) is 43.8 Å². The van der Waals surface area contributed by atoms with Gasteiger partial charge in [0.05, 0.1) is 11.4 Å². The predicted octanol–water partition coefficient (Wildman–Crippen LogP) is 5.69. The maximum Gasteiger partial charge on any atom is 0.258 e. The molecule has 9 heteroatoms. The molecule has 4 amide bonds. The van der Waals surface area contributed by atoms with Crippen molar-refractivity contribution >= 4 is 40.7 Å². The number of nitrogens with one attached hydrogen (secondary N) is 1. The van der Waals surface area contributed by atoms with Crippen molar-refractivity contribution in [3.05, 3.63) is 113 Å². The van der Waals surface area contributed by atoms with E-state index in [4.69, 9.17) is 0 Å². The first-order valence-corrected chi connectivity index (χ1v) is 16.4. The number of amides is 4. The van der Waals surface area contributed by atoms with E-state index in [0.29, 0.717) is 41.3 Å². The number of piperazine rings is 1. The first kappa shape index (κ1) is 32.7. The van der Waals surface area contributed by atoms with Gasteiger partial charge in [0, 0.05) is 56.0 Å². The minimum atomic E-state index is -0.258. The van der Waals surface area contributed by atoms with E-state index in [2.05, 4.69) is 10.2 Å². The molecule has 2 heterocycles. The van der Waals surface area contributed by atoms with Gasteiger partial charge in [0.25, 0.3) is 11.8 Å². The van der Waals surface area contributed by atoms with Crippen molar-refractivity contribution in [1.82, 2.24) is 9.80 Å². The normalized spacial score (nSPS) is 15.2. The molecule has 48 heavy (non-hydrogen) atoms. The SMILES string of the molecule is Cc1ccc(-c2ccccc2C(=O)Nc2ccc(C(=O)N3CCC(=O)N(CC(=O)N4CCN(C)CC4)c4cc(C)ccc43)cc2C)cc1. The molecule has 2 aliphatic rings. The fourth-order valence-corrected chi connectivity index (χ4v) is 6.30. The Hall–Kier alpha value is -5.28. The highest BCUT2D eigenvalue weighted by molar-refractivity contribution is 6.13. The maximum absolute atomic E-state index is 14.1. The Morgan fingerprint density at radius 1 is 0.750 bits per heavy atom. The van der Waals surface area contributed by atoms with E-state index in [-0.39, 0.29) is 43.1 Å². The lowest BCUT2D eigenvalue weighted by Crippen LogP contribution is -2.50. The van der Waals surface area contributed by atoms with E-state index in [0.717, 1.165) is 40.9 Å². The third-order valence-electron chi connectivity index (χ3n) is 9.21. The lowest BCUT2D eigenvalue weighted by molar-refractivity contribution is -0.132. The van der Waals surface area contributed by atoms with Crippen LogP contribution in [0.2, 0.25) is 0 Å². The van der Waals surface area contributed by atoms with Gasteiger partial charge in [-0.05, 0) is 86.5 Å². The molecule has 0 aliphatic carbocycles. The van der Waals surface area contributed by atoms with E-state index in [1.807, 2.05) is 88.5 Å². The first-order valence-electron chi connectivity index (χ1n) is 16.4. The number of carbonyl (C=O) groups excluding carboxylic acids is 4. The fraction of sp³-hybridized carbons (Fsp3) is 0.282. The van der Waals surface area contributed by atoms with Gasteiger partial charge in [0.2, 0.25) is 11.8 Å². The standard InChI is InChI=1S/C39H41N5O4/c1-26-9-12-29(13-10-26)31-7-5-6-8-32(31)38(47)40-33-15-14-30(24-28(33)3)39(48)43-18-17-36(45)44(35-23-27(2)11-16-34(35)43)25-37(46)42-21-19-41(4)20-22-42/h5-16,23-24H,17-22,25H2,1-4H3,(H,40,47). The van der Waals surface area contributed by atoms with E-state index < -0.39 is 0 Å². The number of benzene rings is 4. The number of likely N-dealkylation sites (N-methyl/N-ethyl adjacent to an activating group) is 1. The fourth-order valence-electron chi connectivity index (χ4n) is 6.30. The number of fused-ring (bicyclic) bond motifs is 1. The van der Waals surface area contributed by atoms with Crippen LogP contribution in [0.3, 0.4) is 0 Å². The molecule has 0 bridgehead atoms. The van der Waals surface area contributed by atoms with Crippen molar-refractivity contribution in [3.63, 3.8) is 0 Å². The summed E-state index contributed by atoms with van der Waals surface area (Å²) in [7, 11) is 2.03. The van der Waals surface area contributed by atoms with E-state index in [1.165, 1.54) is 4.90 Å². The first-order chi connectivity index (χ1) is 23.1. The van der Waals surface area contributed by atoms with Gasteiger partial charge < -0.3 is 24.9 Å². The smallest absolute Gasteiger partial charge is 0.258 e. The molecule has 6 rings (SSSR count). The second-order valence-electron chi connectivity index (χ2n) is 12.8. The van der Waals surface area contributed by atoms with Crippen molar-refractivity contribution in [3.8, 4) is 11.1 Å².